The number of aryl methyl sites for hydroxylation is 1. The quantitative estimate of drug-likeness (QED) is 0.848. The lowest BCUT2D eigenvalue weighted by Crippen LogP contribution is -2.18. The third-order valence-electron chi connectivity index (χ3n) is 3.08. The zero-order chi connectivity index (χ0) is 14.5. The number of carbonyl (C=O) groups excluding carboxylic acids is 1. The van der Waals surface area contributed by atoms with Gasteiger partial charge in [0.05, 0.1) is 5.69 Å². The van der Waals surface area contributed by atoms with Crippen molar-refractivity contribution in [2.45, 2.75) is 13.3 Å². The number of nitrogens with two attached hydrogens (primary N) is 1. The van der Waals surface area contributed by atoms with E-state index in [1.807, 2.05) is 43.3 Å². The van der Waals surface area contributed by atoms with Gasteiger partial charge in [0.25, 0.3) is 5.91 Å². The van der Waals surface area contributed by atoms with Crippen LogP contribution in [0, 0.1) is 0 Å². The highest BCUT2D eigenvalue weighted by Crippen LogP contribution is 2.17. The Kier molecular flexibility index (Phi) is 4.48. The van der Waals surface area contributed by atoms with Gasteiger partial charge in [0.2, 0.25) is 0 Å². The first-order valence-corrected chi connectivity index (χ1v) is 6.82. The molecule has 0 aromatic heterocycles. The highest BCUT2D eigenvalue weighted by atomic mass is 32.1. The molecular weight excluding hydrogens is 268 g/mol. The van der Waals surface area contributed by atoms with E-state index in [9.17, 15) is 4.79 Å². The minimum Gasteiger partial charge on any atom is -0.389 e. The van der Waals surface area contributed by atoms with Crippen molar-refractivity contribution in [1.82, 2.24) is 0 Å². The number of carbonyl (C=O) groups is 1. The maximum atomic E-state index is 12.4. The highest BCUT2D eigenvalue weighted by Gasteiger charge is 2.12. The van der Waals surface area contributed by atoms with Gasteiger partial charge in [0.1, 0.15) is 4.99 Å². The largest absolute Gasteiger partial charge is 0.389 e. The maximum Gasteiger partial charge on any atom is 0.255 e. The second kappa shape index (κ2) is 6.30. The topological polar surface area (TPSA) is 55.1 Å². The molecule has 0 bridgehead atoms. The van der Waals surface area contributed by atoms with Crippen molar-refractivity contribution >= 4 is 28.8 Å². The molecule has 3 nitrogen and oxygen atoms in total. The number of nitrogens with one attached hydrogen (secondary N) is 1. The molecular formula is C16H16N2OS. The van der Waals surface area contributed by atoms with E-state index in [0.717, 1.165) is 12.0 Å². The van der Waals surface area contributed by atoms with Gasteiger partial charge in [-0.05, 0) is 30.2 Å². The Balaban J connectivity index is 2.31. The van der Waals surface area contributed by atoms with Crippen LogP contribution in [0.3, 0.4) is 0 Å². The molecule has 0 spiro atoms. The van der Waals surface area contributed by atoms with Crippen LogP contribution in [0.1, 0.15) is 28.4 Å². The maximum absolute atomic E-state index is 12.4. The molecule has 0 fully saturated rings. The Labute approximate surface area is 123 Å². The number of amides is 1. The fraction of sp³-hybridized carbons (Fsp3) is 0.125. The molecule has 0 aliphatic heterocycles. The number of rotatable bonds is 4. The van der Waals surface area contributed by atoms with Gasteiger partial charge in [-0.1, -0.05) is 49.5 Å². The first-order valence-electron chi connectivity index (χ1n) is 6.41. The number of hydrogen-bond donors (Lipinski definition) is 2. The Bertz CT molecular complexity index is 652. The summed E-state index contributed by atoms with van der Waals surface area (Å²) >= 11 is 4.99. The first-order chi connectivity index (χ1) is 9.63. The molecule has 0 atom stereocenters. The minimum absolute atomic E-state index is 0.147. The standard InChI is InChI=1S/C16H16N2OS/c1-2-11-7-3-4-8-12(11)16(19)18-14-10-6-5-9-13(14)15(17)20/h3-10H,2H2,1H3,(H2,17,20)(H,18,19). The summed E-state index contributed by atoms with van der Waals surface area (Å²) in [6.45, 7) is 2.02. The van der Waals surface area contributed by atoms with Gasteiger partial charge >= 0.3 is 0 Å². The summed E-state index contributed by atoms with van der Waals surface area (Å²) in [7, 11) is 0. The average molecular weight is 284 g/mol. The number of anilines is 1. The molecule has 0 aliphatic carbocycles. The molecule has 2 aromatic carbocycles. The predicted octanol–water partition coefficient (Wildman–Crippen LogP) is 3.14. The monoisotopic (exact) mass is 284 g/mol. The van der Waals surface area contributed by atoms with Gasteiger partial charge in [-0.3, -0.25) is 4.79 Å². The van der Waals surface area contributed by atoms with Gasteiger partial charge in [-0.25, -0.2) is 0 Å². The first kappa shape index (κ1) is 14.2. The molecule has 1 amide bonds. The average Bonchev–Trinajstić information content (AvgIpc) is 2.47. The van der Waals surface area contributed by atoms with Crippen LogP contribution in [0.4, 0.5) is 5.69 Å². The fourth-order valence-electron chi connectivity index (χ4n) is 2.05. The van der Waals surface area contributed by atoms with Crippen molar-refractivity contribution in [3.8, 4) is 0 Å². The molecule has 0 radical (unpaired) electrons. The van der Waals surface area contributed by atoms with E-state index in [0.29, 0.717) is 16.8 Å². The molecule has 0 unspecified atom stereocenters. The number of benzene rings is 2. The number of hydrogen-bond acceptors (Lipinski definition) is 2. The number of thiocarbonyl (C=S) groups is 1. The van der Waals surface area contributed by atoms with Crippen LogP contribution in [-0.2, 0) is 6.42 Å². The predicted molar refractivity (Wildman–Crippen MR) is 86.1 cm³/mol. The Hall–Kier alpha value is -2.20. The van der Waals surface area contributed by atoms with Crippen LogP contribution < -0.4 is 11.1 Å². The zero-order valence-corrected chi connectivity index (χ0v) is 12.0. The molecule has 0 heterocycles. The van der Waals surface area contributed by atoms with Crippen LogP contribution in [0.5, 0.6) is 0 Å². The van der Waals surface area contributed by atoms with E-state index < -0.39 is 0 Å². The van der Waals surface area contributed by atoms with Crippen LogP contribution in [-0.4, -0.2) is 10.9 Å². The molecule has 20 heavy (non-hydrogen) atoms. The van der Waals surface area contributed by atoms with Crippen LogP contribution in [0.2, 0.25) is 0 Å². The van der Waals surface area contributed by atoms with Crippen molar-refractivity contribution in [1.29, 1.82) is 0 Å². The lowest BCUT2D eigenvalue weighted by Gasteiger charge is -2.11. The van der Waals surface area contributed by atoms with Crippen LogP contribution in [0.25, 0.3) is 0 Å². The Morgan fingerprint density at radius 3 is 2.35 bits per heavy atom. The summed E-state index contributed by atoms with van der Waals surface area (Å²) in [6.07, 6.45) is 0.806. The van der Waals surface area contributed by atoms with Gasteiger partial charge in [0, 0.05) is 11.1 Å². The zero-order valence-electron chi connectivity index (χ0n) is 11.2. The molecule has 0 aliphatic rings. The summed E-state index contributed by atoms with van der Waals surface area (Å²) in [5.41, 5.74) is 8.66. The number of para-hydroxylation sites is 1. The SMILES string of the molecule is CCc1ccccc1C(=O)Nc1ccccc1C(N)=S. The van der Waals surface area contributed by atoms with Crippen molar-refractivity contribution in [3.63, 3.8) is 0 Å². The van der Waals surface area contributed by atoms with Gasteiger partial charge in [-0.15, -0.1) is 0 Å². The third-order valence-corrected chi connectivity index (χ3v) is 3.30. The molecule has 0 saturated heterocycles. The lowest BCUT2D eigenvalue weighted by molar-refractivity contribution is 0.102. The molecule has 102 valence electrons. The lowest BCUT2D eigenvalue weighted by atomic mass is 10.0. The highest BCUT2D eigenvalue weighted by molar-refractivity contribution is 7.80. The van der Waals surface area contributed by atoms with E-state index in [4.69, 9.17) is 18.0 Å². The van der Waals surface area contributed by atoms with E-state index in [-0.39, 0.29) is 10.9 Å². The summed E-state index contributed by atoms with van der Waals surface area (Å²) in [5, 5.41) is 2.88. The molecule has 3 N–H and O–H groups in total. The normalized spacial score (nSPS) is 10.1. The smallest absolute Gasteiger partial charge is 0.255 e. The Morgan fingerprint density at radius 2 is 1.70 bits per heavy atom. The third kappa shape index (κ3) is 3.03. The van der Waals surface area contributed by atoms with E-state index >= 15 is 0 Å². The van der Waals surface area contributed by atoms with E-state index in [1.165, 1.54) is 0 Å². The van der Waals surface area contributed by atoms with Crippen molar-refractivity contribution < 1.29 is 4.79 Å². The summed E-state index contributed by atoms with van der Waals surface area (Å²) in [4.78, 5) is 12.6. The Morgan fingerprint density at radius 1 is 1.10 bits per heavy atom. The molecule has 2 rings (SSSR count). The summed E-state index contributed by atoms with van der Waals surface area (Å²) in [5.74, 6) is -0.147. The molecule has 4 heteroatoms. The van der Waals surface area contributed by atoms with Crippen molar-refractivity contribution in [2.24, 2.45) is 5.73 Å². The fourth-order valence-corrected chi connectivity index (χ4v) is 2.22. The molecule has 0 saturated carbocycles. The minimum atomic E-state index is -0.147. The summed E-state index contributed by atoms with van der Waals surface area (Å²) in [6, 6.07) is 14.8. The second-order valence-electron chi connectivity index (χ2n) is 4.37. The van der Waals surface area contributed by atoms with Crippen LogP contribution in [0.15, 0.2) is 48.5 Å². The van der Waals surface area contributed by atoms with Gasteiger partial charge in [-0.2, -0.15) is 0 Å². The van der Waals surface area contributed by atoms with Crippen LogP contribution >= 0.6 is 12.2 Å². The second-order valence-corrected chi connectivity index (χ2v) is 4.81. The summed E-state index contributed by atoms with van der Waals surface area (Å²) < 4.78 is 0. The van der Waals surface area contributed by atoms with Gasteiger partial charge < -0.3 is 11.1 Å². The van der Waals surface area contributed by atoms with E-state index in [2.05, 4.69) is 5.32 Å². The molecule has 2 aromatic rings. The van der Waals surface area contributed by atoms with E-state index in [1.54, 1.807) is 12.1 Å². The van der Waals surface area contributed by atoms with Crippen molar-refractivity contribution in [3.05, 3.63) is 65.2 Å². The van der Waals surface area contributed by atoms with Crippen molar-refractivity contribution in [2.75, 3.05) is 5.32 Å². The van der Waals surface area contributed by atoms with Gasteiger partial charge in [0.15, 0.2) is 0 Å².